The van der Waals surface area contributed by atoms with Crippen LogP contribution in [0.3, 0.4) is 0 Å². The van der Waals surface area contributed by atoms with E-state index in [2.05, 4.69) is 34.5 Å². The summed E-state index contributed by atoms with van der Waals surface area (Å²) in [5, 5.41) is 4.00. The molecule has 2 N–H and O–H groups in total. The molecular weight excluding hydrogens is 334 g/mol. The molecule has 130 valence electrons. The number of esters is 1. The molecule has 3 rings (SSSR count). The minimum absolute atomic E-state index is 0.301. The Morgan fingerprint density at radius 1 is 1.20 bits per heavy atom. The zero-order valence-corrected chi connectivity index (χ0v) is 15.0. The van der Waals surface area contributed by atoms with Crippen LogP contribution in [0.1, 0.15) is 22.8 Å². The standard InChI is InChI=1S/C19H21N3O2S/c1-2-24-18(23)16-8-10-17(11-9-16)22-14-21(13-20-19(22)25)12-15-6-4-3-5-7-15/h3-11H,2,12-14H2,1H3,(H,20,25)/p+1. The molecule has 0 aliphatic carbocycles. The number of hydrogen-bond donors (Lipinski definition) is 2. The number of anilines is 1. The number of nitrogens with zero attached hydrogens (tertiary/aromatic N) is 1. The van der Waals surface area contributed by atoms with Crippen molar-refractivity contribution < 1.29 is 14.4 Å². The van der Waals surface area contributed by atoms with Gasteiger partial charge in [0.05, 0.1) is 12.2 Å². The van der Waals surface area contributed by atoms with Gasteiger partial charge in [0.1, 0.15) is 6.54 Å². The lowest BCUT2D eigenvalue weighted by molar-refractivity contribution is -0.916. The second kappa shape index (κ2) is 8.09. The monoisotopic (exact) mass is 356 g/mol. The molecule has 1 heterocycles. The first-order chi connectivity index (χ1) is 12.2. The fraction of sp³-hybridized carbons (Fsp3) is 0.263. The molecule has 1 aliphatic rings. The summed E-state index contributed by atoms with van der Waals surface area (Å²) in [5.41, 5.74) is 2.82. The lowest BCUT2D eigenvalue weighted by atomic mass is 10.2. The van der Waals surface area contributed by atoms with Gasteiger partial charge >= 0.3 is 5.97 Å². The van der Waals surface area contributed by atoms with Crippen LogP contribution in [0.25, 0.3) is 0 Å². The number of quaternary nitrogens is 1. The molecule has 0 bridgehead atoms. The molecule has 2 aromatic carbocycles. The maximum Gasteiger partial charge on any atom is 0.338 e. The van der Waals surface area contributed by atoms with Gasteiger partial charge in [-0.05, 0) is 43.4 Å². The third kappa shape index (κ3) is 4.35. The minimum Gasteiger partial charge on any atom is -0.462 e. The molecule has 0 spiro atoms. The van der Waals surface area contributed by atoms with Crippen molar-refractivity contribution in [3.63, 3.8) is 0 Å². The predicted molar refractivity (Wildman–Crippen MR) is 101 cm³/mol. The first-order valence-corrected chi connectivity index (χ1v) is 8.78. The fourth-order valence-electron chi connectivity index (χ4n) is 2.85. The second-order valence-electron chi connectivity index (χ2n) is 5.92. The number of ether oxygens (including phenoxy) is 1. The molecule has 1 aliphatic heterocycles. The molecule has 1 unspecified atom stereocenters. The fourth-order valence-corrected chi connectivity index (χ4v) is 3.09. The van der Waals surface area contributed by atoms with Crippen molar-refractivity contribution in [1.29, 1.82) is 0 Å². The molecule has 0 amide bonds. The number of nitrogens with one attached hydrogen (secondary N) is 2. The van der Waals surface area contributed by atoms with Gasteiger partial charge in [-0.1, -0.05) is 30.3 Å². The van der Waals surface area contributed by atoms with Crippen LogP contribution in [0.15, 0.2) is 54.6 Å². The van der Waals surface area contributed by atoms with Gasteiger partial charge in [-0.3, -0.25) is 9.80 Å². The number of carbonyl (C=O) groups is 1. The topological polar surface area (TPSA) is 46.0 Å². The Kier molecular flexibility index (Phi) is 5.63. The number of benzene rings is 2. The first kappa shape index (κ1) is 17.4. The number of hydrogen-bond acceptors (Lipinski definition) is 3. The summed E-state index contributed by atoms with van der Waals surface area (Å²) in [6, 6.07) is 17.8. The average molecular weight is 356 g/mol. The molecule has 0 saturated carbocycles. The van der Waals surface area contributed by atoms with E-state index in [9.17, 15) is 4.79 Å². The van der Waals surface area contributed by atoms with Crippen LogP contribution in [0.5, 0.6) is 0 Å². The normalized spacial score (nSPS) is 17.1. The number of carbonyl (C=O) groups excluding carboxylic acids is 1. The van der Waals surface area contributed by atoms with E-state index < -0.39 is 0 Å². The molecule has 5 nitrogen and oxygen atoms in total. The summed E-state index contributed by atoms with van der Waals surface area (Å²) in [6.07, 6.45) is 0. The van der Waals surface area contributed by atoms with Crippen molar-refractivity contribution in [3.05, 3.63) is 65.7 Å². The zero-order chi connectivity index (χ0) is 17.6. The van der Waals surface area contributed by atoms with E-state index in [0.29, 0.717) is 17.3 Å². The van der Waals surface area contributed by atoms with Crippen molar-refractivity contribution in [1.82, 2.24) is 5.32 Å². The van der Waals surface area contributed by atoms with Crippen LogP contribution < -0.4 is 15.1 Å². The van der Waals surface area contributed by atoms with Gasteiger partial charge in [0.15, 0.2) is 18.4 Å². The summed E-state index contributed by atoms with van der Waals surface area (Å²) in [7, 11) is 0. The lowest BCUT2D eigenvalue weighted by Crippen LogP contribution is -3.16. The smallest absolute Gasteiger partial charge is 0.338 e. The second-order valence-corrected chi connectivity index (χ2v) is 6.31. The average Bonchev–Trinajstić information content (AvgIpc) is 2.64. The Hall–Kier alpha value is -2.44. The highest BCUT2D eigenvalue weighted by molar-refractivity contribution is 7.80. The zero-order valence-electron chi connectivity index (χ0n) is 14.2. The summed E-state index contributed by atoms with van der Waals surface area (Å²) < 4.78 is 5.02. The maximum atomic E-state index is 11.8. The van der Waals surface area contributed by atoms with E-state index in [-0.39, 0.29) is 5.97 Å². The molecule has 1 saturated heterocycles. The van der Waals surface area contributed by atoms with E-state index in [1.165, 1.54) is 10.5 Å². The summed E-state index contributed by atoms with van der Waals surface area (Å²) in [4.78, 5) is 15.2. The SMILES string of the molecule is CCOC(=O)c1ccc(N2C[NH+](Cc3ccccc3)CNC2=S)cc1. The van der Waals surface area contributed by atoms with Gasteiger partial charge in [0.2, 0.25) is 0 Å². The highest BCUT2D eigenvalue weighted by atomic mass is 32.1. The molecule has 1 atom stereocenters. The van der Waals surface area contributed by atoms with Crippen LogP contribution >= 0.6 is 12.2 Å². The van der Waals surface area contributed by atoms with Crippen LogP contribution in [-0.4, -0.2) is 31.0 Å². The highest BCUT2D eigenvalue weighted by Gasteiger charge is 2.25. The van der Waals surface area contributed by atoms with E-state index in [0.717, 1.165) is 25.6 Å². The van der Waals surface area contributed by atoms with Gasteiger partial charge < -0.3 is 10.1 Å². The first-order valence-electron chi connectivity index (χ1n) is 8.37. The molecular formula is C19H22N3O2S+. The Labute approximate surface area is 153 Å². The summed E-state index contributed by atoms with van der Waals surface area (Å²) >= 11 is 5.46. The third-order valence-electron chi connectivity index (χ3n) is 4.10. The van der Waals surface area contributed by atoms with E-state index in [4.69, 9.17) is 17.0 Å². The van der Waals surface area contributed by atoms with Crippen molar-refractivity contribution in [2.45, 2.75) is 13.5 Å². The lowest BCUT2D eigenvalue weighted by Gasteiger charge is -2.35. The minimum atomic E-state index is -0.301. The van der Waals surface area contributed by atoms with Crippen molar-refractivity contribution in [2.24, 2.45) is 0 Å². The van der Waals surface area contributed by atoms with Gasteiger partial charge in [0, 0.05) is 11.3 Å². The van der Waals surface area contributed by atoms with Crippen LogP contribution in [0.2, 0.25) is 0 Å². The number of rotatable bonds is 5. The maximum absolute atomic E-state index is 11.8. The van der Waals surface area contributed by atoms with Crippen LogP contribution in [0, 0.1) is 0 Å². The molecule has 0 radical (unpaired) electrons. The van der Waals surface area contributed by atoms with Gasteiger partial charge in [-0.25, -0.2) is 4.79 Å². The predicted octanol–water partition coefficient (Wildman–Crippen LogP) is 1.56. The molecule has 6 heteroatoms. The van der Waals surface area contributed by atoms with E-state index >= 15 is 0 Å². The Balaban J connectivity index is 1.69. The highest BCUT2D eigenvalue weighted by Crippen LogP contribution is 2.16. The summed E-state index contributed by atoms with van der Waals surface area (Å²) in [6.45, 7) is 4.67. The van der Waals surface area contributed by atoms with Crippen molar-refractivity contribution in [2.75, 3.05) is 24.8 Å². The molecule has 2 aromatic rings. The van der Waals surface area contributed by atoms with E-state index in [1.807, 2.05) is 18.2 Å². The molecule has 25 heavy (non-hydrogen) atoms. The van der Waals surface area contributed by atoms with E-state index in [1.54, 1.807) is 19.1 Å². The van der Waals surface area contributed by atoms with Gasteiger partial charge in [-0.2, -0.15) is 0 Å². The molecule has 1 fully saturated rings. The van der Waals surface area contributed by atoms with Crippen LogP contribution in [0.4, 0.5) is 5.69 Å². The third-order valence-corrected chi connectivity index (χ3v) is 4.47. The summed E-state index contributed by atoms with van der Waals surface area (Å²) in [5.74, 6) is -0.301. The van der Waals surface area contributed by atoms with Gasteiger partial charge in [0.25, 0.3) is 0 Å². The number of thiocarbonyl (C=S) groups is 1. The van der Waals surface area contributed by atoms with Crippen LogP contribution in [-0.2, 0) is 11.3 Å². The Morgan fingerprint density at radius 2 is 1.92 bits per heavy atom. The largest absolute Gasteiger partial charge is 0.462 e. The van der Waals surface area contributed by atoms with Crippen molar-refractivity contribution in [3.8, 4) is 0 Å². The molecule has 0 aromatic heterocycles. The quantitative estimate of drug-likeness (QED) is 0.629. The van der Waals surface area contributed by atoms with Gasteiger partial charge in [-0.15, -0.1) is 0 Å². The Morgan fingerprint density at radius 3 is 2.60 bits per heavy atom. The van der Waals surface area contributed by atoms with Crippen molar-refractivity contribution >= 4 is 29.0 Å². The Bertz CT molecular complexity index is 734.